The van der Waals surface area contributed by atoms with E-state index in [0.29, 0.717) is 32.9 Å². The van der Waals surface area contributed by atoms with Gasteiger partial charge in [0.1, 0.15) is 26.6 Å². The summed E-state index contributed by atoms with van der Waals surface area (Å²) in [5, 5.41) is 1.29. The van der Waals surface area contributed by atoms with E-state index in [1.807, 2.05) is 71.6 Å². The molecule has 0 unspecified atom stereocenters. The molecule has 5 N–H and O–H groups in total. The number of ether oxygens (including phenoxy) is 2. The van der Waals surface area contributed by atoms with Crippen molar-refractivity contribution in [2.75, 3.05) is 63.3 Å². The van der Waals surface area contributed by atoms with Crippen LogP contribution in [0.1, 0.15) is 20.7 Å². The molecule has 0 saturated carbocycles. The Kier molecular flexibility index (Phi) is 12.3. The first-order valence-electron chi connectivity index (χ1n) is 16.7. The molecule has 1 fully saturated rings. The molecule has 2 amide bonds. The molecule has 1 saturated heterocycles. The smallest absolute Gasteiger partial charge is 0.274 e. The zero-order chi connectivity index (χ0) is 38.0. The molecule has 1 aliphatic heterocycles. The molecule has 6 aromatic rings. The van der Waals surface area contributed by atoms with Crippen LogP contribution in [-0.2, 0) is 4.84 Å². The minimum absolute atomic E-state index is 0.0563. The van der Waals surface area contributed by atoms with Gasteiger partial charge in [0.25, 0.3) is 11.8 Å². The molecule has 13 nitrogen and oxygen atoms in total. The Hall–Kier alpha value is -6.13. The van der Waals surface area contributed by atoms with Gasteiger partial charge in [0.05, 0.1) is 34.8 Å². The summed E-state index contributed by atoms with van der Waals surface area (Å²) in [4.78, 5) is 47.2. The normalized spacial score (nSPS) is 12.3. The third kappa shape index (κ3) is 8.90. The average Bonchev–Trinajstić information content (AvgIpc) is 3.74. The molecule has 7 rings (SSSR count). The van der Waals surface area contributed by atoms with E-state index < -0.39 is 13.3 Å². The summed E-state index contributed by atoms with van der Waals surface area (Å²) in [6.45, 7) is -0.659. The summed E-state index contributed by atoms with van der Waals surface area (Å²) in [5.41, 5.74) is 19.6. The van der Waals surface area contributed by atoms with Crippen molar-refractivity contribution in [3.8, 4) is 34.0 Å². The molecule has 278 valence electrons. The molecule has 1 aliphatic rings. The fourth-order valence-electron chi connectivity index (χ4n) is 5.61. The van der Waals surface area contributed by atoms with Gasteiger partial charge in [-0.1, -0.05) is 36.4 Å². The second-order valence-corrected chi connectivity index (χ2v) is 12.8. The Morgan fingerprint density at radius 1 is 0.722 bits per heavy atom. The molecule has 0 aliphatic carbocycles. The van der Waals surface area contributed by atoms with Gasteiger partial charge < -0.3 is 25.8 Å². The maximum absolute atomic E-state index is 12.5. The van der Waals surface area contributed by atoms with E-state index in [-0.39, 0.29) is 48.7 Å². The summed E-state index contributed by atoms with van der Waals surface area (Å²) in [6, 6.07) is 25.6. The van der Waals surface area contributed by atoms with Crippen LogP contribution in [0.5, 0.6) is 11.8 Å². The third-order valence-electron chi connectivity index (χ3n) is 8.17. The highest BCUT2D eigenvalue weighted by Crippen LogP contribution is 2.31. The summed E-state index contributed by atoms with van der Waals surface area (Å²) in [6.07, 6.45) is 0. The number of nitrogen functional groups attached to an aromatic ring is 2. The van der Waals surface area contributed by atoms with Crippen LogP contribution in [0.3, 0.4) is 0 Å². The van der Waals surface area contributed by atoms with E-state index in [2.05, 4.69) is 30.3 Å². The summed E-state index contributed by atoms with van der Waals surface area (Å²) in [5.74, 6) is 2.10. The highest BCUT2D eigenvalue weighted by atomic mass is 32.2. The number of hydrogen-bond acceptors (Lipinski definition) is 12. The SMILES string of the molecule is CONC(=O)c1ccc(-c2ccc3nc(N)nc(OCCF)c3c2)cc1.Nc1nc(OCCF)c2cc(-c3ccc(C(=O)N4CCSC4)cc3)ccc2n1. The molecule has 3 heterocycles. The lowest BCUT2D eigenvalue weighted by Gasteiger charge is -2.14. The van der Waals surface area contributed by atoms with E-state index >= 15 is 0 Å². The quantitative estimate of drug-likeness (QED) is 0.134. The van der Waals surface area contributed by atoms with Crippen LogP contribution in [0.25, 0.3) is 44.1 Å². The molecule has 16 heteroatoms. The maximum Gasteiger partial charge on any atom is 0.274 e. The minimum Gasteiger partial charge on any atom is -0.474 e. The zero-order valence-corrected chi connectivity index (χ0v) is 29.9. The van der Waals surface area contributed by atoms with E-state index in [1.54, 1.807) is 30.0 Å². The first kappa shape index (κ1) is 37.6. The first-order valence-corrected chi connectivity index (χ1v) is 17.9. The average molecular weight is 755 g/mol. The molecule has 0 bridgehead atoms. The number of nitrogens with zero attached hydrogens (tertiary/aromatic N) is 5. The Morgan fingerprint density at radius 2 is 1.20 bits per heavy atom. The zero-order valence-electron chi connectivity index (χ0n) is 29.1. The molecule has 2 aromatic heterocycles. The van der Waals surface area contributed by atoms with Gasteiger partial charge >= 0.3 is 0 Å². The van der Waals surface area contributed by atoms with Crippen LogP contribution >= 0.6 is 11.8 Å². The van der Waals surface area contributed by atoms with Crippen LogP contribution in [0, 0.1) is 0 Å². The number of benzene rings is 4. The monoisotopic (exact) mass is 754 g/mol. The highest BCUT2D eigenvalue weighted by Gasteiger charge is 2.20. The van der Waals surface area contributed by atoms with Crippen molar-refractivity contribution in [1.82, 2.24) is 30.3 Å². The second-order valence-electron chi connectivity index (χ2n) is 11.7. The number of alkyl halides is 2. The van der Waals surface area contributed by atoms with Crippen molar-refractivity contribution in [3.05, 3.63) is 96.1 Å². The lowest BCUT2D eigenvalue weighted by molar-refractivity contribution is 0.0537. The number of aromatic nitrogens is 4. The van der Waals surface area contributed by atoms with Gasteiger partial charge in [0, 0.05) is 23.4 Å². The number of thioether (sulfide) groups is 1. The lowest BCUT2D eigenvalue weighted by atomic mass is 10.0. The molecule has 4 aromatic carbocycles. The number of hydrogen-bond donors (Lipinski definition) is 3. The fraction of sp³-hybridized carbons (Fsp3) is 0.211. The topological polar surface area (TPSA) is 181 Å². The van der Waals surface area contributed by atoms with Gasteiger partial charge in [-0.2, -0.15) is 9.97 Å². The van der Waals surface area contributed by atoms with Crippen molar-refractivity contribution in [2.24, 2.45) is 0 Å². The molecule has 0 atom stereocenters. The maximum atomic E-state index is 12.5. The predicted octanol–water partition coefficient (Wildman–Crippen LogP) is 5.89. The van der Waals surface area contributed by atoms with Gasteiger partial charge in [-0.25, -0.2) is 24.2 Å². The van der Waals surface area contributed by atoms with Gasteiger partial charge in [-0.05, 0) is 70.8 Å². The van der Waals surface area contributed by atoms with Gasteiger partial charge in [-0.3, -0.25) is 14.4 Å². The van der Waals surface area contributed by atoms with Crippen molar-refractivity contribution in [1.29, 1.82) is 0 Å². The number of carbonyl (C=O) groups excluding carboxylic acids is 2. The molecule has 0 spiro atoms. The van der Waals surface area contributed by atoms with Crippen LogP contribution in [0.15, 0.2) is 84.9 Å². The molecule has 0 radical (unpaired) electrons. The number of carbonyl (C=O) groups is 2. The van der Waals surface area contributed by atoms with Crippen molar-refractivity contribution < 1.29 is 32.7 Å². The van der Waals surface area contributed by atoms with Crippen LogP contribution in [0.4, 0.5) is 20.7 Å². The van der Waals surface area contributed by atoms with E-state index in [9.17, 15) is 18.4 Å². The van der Waals surface area contributed by atoms with Gasteiger partial charge in [0.2, 0.25) is 23.7 Å². The Bertz CT molecular complexity index is 2260. The Morgan fingerprint density at radius 3 is 1.65 bits per heavy atom. The number of hydroxylamine groups is 1. The van der Waals surface area contributed by atoms with Crippen LogP contribution in [-0.4, -0.2) is 88.5 Å². The second kappa shape index (κ2) is 17.6. The van der Waals surface area contributed by atoms with Crippen molar-refractivity contribution >= 4 is 57.3 Å². The van der Waals surface area contributed by atoms with Crippen LogP contribution in [0.2, 0.25) is 0 Å². The van der Waals surface area contributed by atoms with Gasteiger partial charge in [-0.15, -0.1) is 11.8 Å². The number of amides is 2. The standard InChI is InChI=1S/C20H19FN4O2S.C18H17FN4O3/c21-7-9-27-18-16-11-15(5-6-17(16)23-20(22)24-18)13-1-3-14(4-2-13)19(26)25-8-10-28-12-25;1-25-23-16(24)12-4-2-11(3-5-12)13-6-7-15-14(10-13)17(26-9-8-19)22-18(20)21-15/h1-6,11H,7-10,12H2,(H2,22,23,24);2-7,10H,8-9H2,1H3,(H,23,24)(H2,20,21,22). The molecular weight excluding hydrogens is 719 g/mol. The first-order chi connectivity index (χ1) is 26.3. The fourth-order valence-corrected chi connectivity index (χ4v) is 6.56. The molecular formula is C38H36F2N8O5S. The van der Waals surface area contributed by atoms with Crippen molar-refractivity contribution in [2.45, 2.75) is 0 Å². The van der Waals surface area contributed by atoms with E-state index in [1.165, 1.54) is 7.11 Å². The lowest BCUT2D eigenvalue weighted by Crippen LogP contribution is -2.27. The highest BCUT2D eigenvalue weighted by molar-refractivity contribution is 7.99. The summed E-state index contributed by atoms with van der Waals surface area (Å²) >= 11 is 1.76. The van der Waals surface area contributed by atoms with Crippen LogP contribution < -0.4 is 26.4 Å². The minimum atomic E-state index is -0.629. The number of anilines is 2. The van der Waals surface area contributed by atoms with Gasteiger partial charge in [0.15, 0.2) is 0 Å². The predicted molar refractivity (Wildman–Crippen MR) is 205 cm³/mol. The molecule has 54 heavy (non-hydrogen) atoms. The number of rotatable bonds is 11. The Labute approximate surface area is 313 Å². The largest absolute Gasteiger partial charge is 0.474 e. The third-order valence-corrected chi connectivity index (χ3v) is 9.13. The number of halogens is 2. The van der Waals surface area contributed by atoms with Crippen molar-refractivity contribution in [3.63, 3.8) is 0 Å². The van der Waals surface area contributed by atoms with E-state index in [0.717, 1.165) is 40.4 Å². The number of nitrogens with two attached hydrogens (primary N) is 2. The summed E-state index contributed by atoms with van der Waals surface area (Å²) < 4.78 is 35.7. The summed E-state index contributed by atoms with van der Waals surface area (Å²) in [7, 11) is 1.37. The number of nitrogens with one attached hydrogen (secondary N) is 1. The Balaban J connectivity index is 0.000000185. The number of fused-ring (bicyclic) bond motifs is 2. The van der Waals surface area contributed by atoms with E-state index in [4.69, 9.17) is 20.9 Å².